The Labute approximate surface area is 321 Å². The summed E-state index contributed by atoms with van der Waals surface area (Å²) in [6.07, 6.45) is 4.88. The van der Waals surface area contributed by atoms with Gasteiger partial charge in [0.05, 0.1) is 5.54 Å². The van der Waals surface area contributed by atoms with Crippen LogP contribution in [-0.4, -0.2) is 12.4 Å². The van der Waals surface area contributed by atoms with Crippen molar-refractivity contribution in [2.75, 3.05) is 9.71 Å². The Morgan fingerprint density at radius 1 is 0.722 bits per heavy atom. The molecule has 3 aliphatic heterocycles. The maximum atomic E-state index is 6.93. The number of para-hydroxylation sites is 2. The van der Waals surface area contributed by atoms with E-state index in [4.69, 9.17) is 4.42 Å². The van der Waals surface area contributed by atoms with Crippen LogP contribution in [-0.2, 0) is 10.8 Å². The summed E-state index contributed by atoms with van der Waals surface area (Å²) in [6.45, 7) is 14.6. The first kappa shape index (κ1) is 31.4. The van der Waals surface area contributed by atoms with Crippen LogP contribution in [0.2, 0.25) is 0 Å². The first-order valence-corrected chi connectivity index (χ1v) is 20.7. The second kappa shape index (κ2) is 10.2. The van der Waals surface area contributed by atoms with Gasteiger partial charge >= 0.3 is 6.85 Å². The minimum atomic E-state index is -0.0709. The van der Waals surface area contributed by atoms with Crippen LogP contribution >= 0.6 is 11.3 Å². The van der Waals surface area contributed by atoms with Crippen molar-refractivity contribution < 1.29 is 4.42 Å². The van der Waals surface area contributed by atoms with Gasteiger partial charge in [0.1, 0.15) is 11.2 Å². The Kier molecular flexibility index (Phi) is 5.92. The molecule has 54 heavy (non-hydrogen) atoms. The number of hydrogen-bond donors (Lipinski definition) is 0. The third-order valence-corrected chi connectivity index (χ3v) is 15.4. The molecule has 0 spiro atoms. The number of nitrogens with zero attached hydrogens (tertiary/aromatic N) is 2. The van der Waals surface area contributed by atoms with Gasteiger partial charge in [0.15, 0.2) is 0 Å². The van der Waals surface area contributed by atoms with Crippen LogP contribution in [0.15, 0.2) is 108 Å². The zero-order valence-electron chi connectivity index (χ0n) is 31.9. The topological polar surface area (TPSA) is 19.6 Å². The van der Waals surface area contributed by atoms with Crippen molar-refractivity contribution in [2.45, 2.75) is 83.6 Å². The smallest absolute Gasteiger partial charge is 0.333 e. The summed E-state index contributed by atoms with van der Waals surface area (Å²) in [5.74, 6) is 0. The number of benzene rings is 6. The molecule has 3 nitrogen and oxygen atoms in total. The SMILES string of the molecule is Cc1ccccc1N1B2c3cc(C(C)(C)C)cc4c3N(c3cc5oc6ccccc6c5c(c32)-c2ccc3sc5ccccc5c3c21)C1(C)CCCCC41C. The van der Waals surface area contributed by atoms with E-state index in [0.717, 1.165) is 11.2 Å². The normalized spacial score (nSPS) is 21.3. The Morgan fingerprint density at radius 2 is 1.48 bits per heavy atom. The lowest BCUT2D eigenvalue weighted by Crippen LogP contribution is -2.64. The largest absolute Gasteiger partial charge is 0.456 e. The highest BCUT2D eigenvalue weighted by atomic mass is 32.1. The van der Waals surface area contributed by atoms with Gasteiger partial charge in [-0.25, -0.2) is 0 Å². The van der Waals surface area contributed by atoms with Gasteiger partial charge in [-0.05, 0) is 89.5 Å². The van der Waals surface area contributed by atoms with Gasteiger partial charge < -0.3 is 14.1 Å². The zero-order valence-corrected chi connectivity index (χ0v) is 32.7. The Bertz CT molecular complexity index is 2970. The van der Waals surface area contributed by atoms with E-state index in [0.29, 0.717) is 0 Å². The monoisotopic (exact) mass is 718 g/mol. The number of furan rings is 1. The predicted octanol–water partition coefficient (Wildman–Crippen LogP) is 12.5. The van der Waals surface area contributed by atoms with Crippen LogP contribution in [0.1, 0.15) is 77.0 Å². The highest BCUT2D eigenvalue weighted by Crippen LogP contribution is 2.63. The van der Waals surface area contributed by atoms with E-state index in [1.807, 2.05) is 11.3 Å². The summed E-state index contributed by atoms with van der Waals surface area (Å²) in [4.78, 5) is 5.61. The number of rotatable bonds is 1. The molecule has 5 heterocycles. The standard InChI is InChI=1S/C49H43BN2OS/c1-28-15-7-10-18-35(28)52-45-32(21-22-40-42(45)31-17-9-12-20-39(31)54-40)43-41-30-16-8-11-19-37(30)53-38(41)27-36-44(43)50(52)34-26-29(47(2,3)4)25-33-46(34)51(36)49(6)24-14-13-23-48(33,49)5/h7-12,15-22,25-27H,13-14,23-24H2,1-6H3. The molecule has 2 aromatic heterocycles. The maximum Gasteiger partial charge on any atom is 0.333 e. The lowest BCUT2D eigenvalue weighted by atomic mass is 9.42. The second-order valence-corrected chi connectivity index (χ2v) is 19.1. The number of hydrogen-bond acceptors (Lipinski definition) is 4. The van der Waals surface area contributed by atoms with E-state index >= 15 is 0 Å². The Balaban J connectivity index is 1.35. The number of thiophene rings is 1. The van der Waals surface area contributed by atoms with E-state index in [-0.39, 0.29) is 23.2 Å². The van der Waals surface area contributed by atoms with Crippen LogP contribution in [0.4, 0.5) is 22.7 Å². The van der Waals surface area contributed by atoms with Gasteiger partial charge in [-0.15, -0.1) is 11.3 Å². The van der Waals surface area contributed by atoms with Crippen LogP contribution < -0.4 is 20.6 Å². The summed E-state index contributed by atoms with van der Waals surface area (Å²) in [5.41, 5.74) is 17.0. The molecule has 0 amide bonds. The molecule has 12 rings (SSSR count). The van der Waals surface area contributed by atoms with E-state index < -0.39 is 0 Å². The average Bonchev–Trinajstić information content (AvgIpc) is 3.79. The molecule has 5 heteroatoms. The average molecular weight is 719 g/mol. The molecule has 2 atom stereocenters. The summed E-state index contributed by atoms with van der Waals surface area (Å²) in [7, 11) is 0. The van der Waals surface area contributed by atoms with Gasteiger partial charge in [0, 0.05) is 70.7 Å². The molecule has 6 aromatic carbocycles. The molecule has 1 fully saturated rings. The van der Waals surface area contributed by atoms with Crippen molar-refractivity contribution >= 4 is 94.0 Å². The molecule has 264 valence electrons. The maximum absolute atomic E-state index is 6.93. The molecule has 0 bridgehead atoms. The molecular formula is C49H43BN2OS. The van der Waals surface area contributed by atoms with Crippen molar-refractivity contribution in [1.29, 1.82) is 0 Å². The quantitative estimate of drug-likeness (QED) is 0.158. The molecule has 0 N–H and O–H groups in total. The van der Waals surface area contributed by atoms with Crippen molar-refractivity contribution in [1.82, 2.24) is 0 Å². The minimum absolute atomic E-state index is 0.00883. The minimum Gasteiger partial charge on any atom is -0.456 e. The Hall–Kier alpha value is -5.00. The molecule has 0 saturated heterocycles. The van der Waals surface area contributed by atoms with E-state index in [9.17, 15) is 0 Å². The molecule has 2 unspecified atom stereocenters. The van der Waals surface area contributed by atoms with Gasteiger partial charge in [-0.2, -0.15) is 0 Å². The number of aryl methyl sites for hydroxylation is 1. The van der Waals surface area contributed by atoms with Gasteiger partial charge in [-0.3, -0.25) is 0 Å². The van der Waals surface area contributed by atoms with Crippen molar-refractivity contribution in [2.24, 2.45) is 0 Å². The van der Waals surface area contributed by atoms with Gasteiger partial charge in [0.2, 0.25) is 0 Å². The summed E-state index contributed by atoms with van der Waals surface area (Å²) < 4.78 is 9.59. The van der Waals surface area contributed by atoms with Crippen molar-refractivity contribution in [3.63, 3.8) is 0 Å². The van der Waals surface area contributed by atoms with Crippen LogP contribution in [0.5, 0.6) is 0 Å². The van der Waals surface area contributed by atoms with Crippen molar-refractivity contribution in [3.05, 3.63) is 120 Å². The molecule has 1 saturated carbocycles. The summed E-state index contributed by atoms with van der Waals surface area (Å²) >= 11 is 1.91. The first-order valence-electron chi connectivity index (χ1n) is 19.9. The Morgan fingerprint density at radius 3 is 2.31 bits per heavy atom. The summed E-state index contributed by atoms with van der Waals surface area (Å²) in [5, 5.41) is 5.12. The predicted molar refractivity (Wildman–Crippen MR) is 232 cm³/mol. The van der Waals surface area contributed by atoms with Crippen LogP contribution in [0, 0.1) is 6.92 Å². The van der Waals surface area contributed by atoms with Crippen LogP contribution in [0.3, 0.4) is 0 Å². The van der Waals surface area contributed by atoms with E-state index in [1.165, 1.54) is 113 Å². The fourth-order valence-electron chi connectivity index (χ4n) is 11.4. The highest BCUT2D eigenvalue weighted by molar-refractivity contribution is 7.26. The lowest BCUT2D eigenvalue weighted by molar-refractivity contribution is 0.195. The van der Waals surface area contributed by atoms with Crippen LogP contribution in [0.25, 0.3) is 53.2 Å². The fourth-order valence-corrected chi connectivity index (χ4v) is 12.5. The van der Waals surface area contributed by atoms with Gasteiger partial charge in [0.25, 0.3) is 0 Å². The third kappa shape index (κ3) is 3.65. The van der Waals surface area contributed by atoms with Gasteiger partial charge in [-0.1, -0.05) is 113 Å². The number of anilines is 4. The fraction of sp³-hybridized carbons (Fsp3) is 0.265. The highest BCUT2D eigenvalue weighted by Gasteiger charge is 2.62. The van der Waals surface area contributed by atoms with E-state index in [2.05, 4.69) is 154 Å². The summed E-state index contributed by atoms with van der Waals surface area (Å²) in [6, 6.07) is 39.3. The first-order chi connectivity index (χ1) is 26.1. The molecule has 1 aliphatic carbocycles. The molecular weight excluding hydrogens is 675 g/mol. The lowest BCUT2D eigenvalue weighted by Gasteiger charge is -2.53. The van der Waals surface area contributed by atoms with Crippen molar-refractivity contribution in [3.8, 4) is 11.1 Å². The third-order valence-electron chi connectivity index (χ3n) is 14.3. The second-order valence-electron chi connectivity index (χ2n) is 18.0. The molecule has 0 radical (unpaired) electrons. The van der Waals surface area contributed by atoms with E-state index in [1.54, 1.807) is 5.56 Å². The number of fused-ring (bicyclic) bond motifs is 15. The zero-order chi connectivity index (χ0) is 36.5. The molecule has 4 aliphatic rings. The molecule has 8 aromatic rings.